The average molecular weight is 522 g/mol. The first-order valence-corrected chi connectivity index (χ1v) is 15.7. The topological polar surface area (TPSA) is 111 Å². The van der Waals surface area contributed by atoms with Crippen LogP contribution in [0.4, 0.5) is 11.4 Å². The molecule has 1 fully saturated rings. The molecule has 0 saturated heterocycles. The van der Waals surface area contributed by atoms with Crippen molar-refractivity contribution in [2.45, 2.75) is 68.8 Å². The van der Waals surface area contributed by atoms with Crippen LogP contribution < -0.4 is 9.62 Å². The van der Waals surface area contributed by atoms with Crippen molar-refractivity contribution in [2.24, 2.45) is 11.8 Å². The second kappa shape index (κ2) is 11.3. The van der Waals surface area contributed by atoms with E-state index in [0.717, 1.165) is 37.7 Å². The van der Waals surface area contributed by atoms with E-state index in [9.17, 15) is 17.7 Å². The van der Waals surface area contributed by atoms with Crippen molar-refractivity contribution in [3.8, 4) is 0 Å². The Morgan fingerprint density at radius 3 is 2.23 bits per heavy atom. The van der Waals surface area contributed by atoms with E-state index in [0.29, 0.717) is 30.4 Å². The molecule has 2 aromatic rings. The Balaban J connectivity index is 1.94. The number of nitrogens with zero attached hydrogens (tertiary/aromatic N) is 1. The summed E-state index contributed by atoms with van der Waals surface area (Å²) < 4.78 is 50.1. The van der Waals surface area contributed by atoms with Crippen molar-refractivity contribution in [2.75, 3.05) is 29.0 Å². The normalized spacial score (nSPS) is 20.4. The number of aliphatic hydroxyl groups is 1. The minimum Gasteiger partial charge on any atom is -0.393 e. The molecule has 0 spiro atoms. The summed E-state index contributed by atoms with van der Waals surface area (Å²) in [5.41, 5.74) is 2.24. The van der Waals surface area contributed by atoms with Crippen LogP contribution in [-0.2, 0) is 26.2 Å². The Labute approximate surface area is 211 Å². The van der Waals surface area contributed by atoms with Crippen LogP contribution in [0.1, 0.15) is 52.0 Å². The third kappa shape index (κ3) is 6.98. The van der Waals surface area contributed by atoms with Crippen LogP contribution in [0.15, 0.2) is 52.3 Å². The molecule has 3 N–H and O–H groups in total. The zero-order valence-corrected chi connectivity index (χ0v) is 22.8. The van der Waals surface area contributed by atoms with E-state index in [2.05, 4.69) is 12.2 Å². The van der Waals surface area contributed by atoms with Gasteiger partial charge in [-0.1, -0.05) is 32.9 Å². The highest BCUT2D eigenvalue weighted by Crippen LogP contribution is 2.31. The highest BCUT2D eigenvalue weighted by Gasteiger charge is 2.28. The van der Waals surface area contributed by atoms with Gasteiger partial charge in [0.15, 0.2) is 0 Å². The third-order valence-electron chi connectivity index (χ3n) is 6.52. The molecule has 0 radical (unpaired) electrons. The van der Waals surface area contributed by atoms with Crippen molar-refractivity contribution in [3.05, 3.63) is 48.0 Å². The lowest BCUT2D eigenvalue weighted by atomic mass is 9.87. The largest absolute Gasteiger partial charge is 0.393 e. The number of rotatable bonds is 10. The van der Waals surface area contributed by atoms with E-state index in [1.807, 2.05) is 38.1 Å². The van der Waals surface area contributed by atoms with Crippen LogP contribution in [0, 0.1) is 16.6 Å². The molecule has 3 rings (SSSR count). The molecular weight excluding hydrogens is 482 g/mol. The van der Waals surface area contributed by atoms with E-state index < -0.39 is 19.8 Å². The number of aliphatic hydroxyl groups excluding tert-OH is 1. The standard InChI is InChI=1S/C26H39N3O4S2/c1-5-20-6-10-22(11-7-20)29(18-19(2)3)35(32,33)24-14-15-25(26(16-24)34(4,27)31)28-17-21-8-12-23(30)13-9-21/h6-7,10-11,14-16,19,21,23,27-28,30H,5,8-9,12-13,17-18H2,1-4H3. The van der Waals surface area contributed by atoms with Gasteiger partial charge < -0.3 is 10.4 Å². The van der Waals surface area contributed by atoms with Crippen molar-refractivity contribution >= 4 is 31.1 Å². The van der Waals surface area contributed by atoms with Gasteiger partial charge in [0.05, 0.1) is 37.0 Å². The molecule has 1 unspecified atom stereocenters. The number of hydrogen-bond acceptors (Lipinski definition) is 6. The van der Waals surface area contributed by atoms with Gasteiger partial charge >= 0.3 is 0 Å². The Morgan fingerprint density at radius 1 is 1.06 bits per heavy atom. The molecule has 35 heavy (non-hydrogen) atoms. The van der Waals surface area contributed by atoms with E-state index >= 15 is 0 Å². The Morgan fingerprint density at radius 2 is 1.69 bits per heavy atom. The minimum atomic E-state index is -3.94. The maximum atomic E-state index is 13.8. The second-order valence-corrected chi connectivity index (χ2v) is 14.0. The van der Waals surface area contributed by atoms with E-state index in [1.54, 1.807) is 6.07 Å². The zero-order valence-electron chi connectivity index (χ0n) is 21.2. The van der Waals surface area contributed by atoms with Gasteiger partial charge in [0.25, 0.3) is 10.0 Å². The summed E-state index contributed by atoms with van der Waals surface area (Å²) in [7, 11) is -7.13. The average Bonchev–Trinajstić information content (AvgIpc) is 2.81. The molecule has 0 aromatic heterocycles. The summed E-state index contributed by atoms with van der Waals surface area (Å²) in [4.78, 5) is 0.223. The molecule has 0 aliphatic heterocycles. The summed E-state index contributed by atoms with van der Waals surface area (Å²) >= 11 is 0. The van der Waals surface area contributed by atoms with E-state index in [-0.39, 0.29) is 21.8 Å². The lowest BCUT2D eigenvalue weighted by Crippen LogP contribution is -2.34. The first-order valence-electron chi connectivity index (χ1n) is 12.3. The highest BCUT2D eigenvalue weighted by molar-refractivity contribution is 7.93. The first kappa shape index (κ1) is 27.5. The predicted molar refractivity (Wildman–Crippen MR) is 143 cm³/mol. The van der Waals surface area contributed by atoms with Gasteiger partial charge in [0, 0.05) is 19.3 Å². The smallest absolute Gasteiger partial charge is 0.264 e. The molecule has 194 valence electrons. The van der Waals surface area contributed by atoms with Crippen LogP contribution in [0.3, 0.4) is 0 Å². The molecule has 1 aliphatic rings. The molecule has 9 heteroatoms. The van der Waals surface area contributed by atoms with Gasteiger partial charge in [-0.2, -0.15) is 0 Å². The number of anilines is 2. The summed E-state index contributed by atoms with van der Waals surface area (Å²) in [5.74, 6) is 0.470. The maximum Gasteiger partial charge on any atom is 0.264 e. The van der Waals surface area contributed by atoms with Gasteiger partial charge in [-0.3, -0.25) is 4.31 Å². The summed E-state index contributed by atoms with van der Waals surface area (Å²) in [6.45, 7) is 6.92. The summed E-state index contributed by atoms with van der Waals surface area (Å²) in [6.07, 6.45) is 5.29. The van der Waals surface area contributed by atoms with Gasteiger partial charge in [0.1, 0.15) is 0 Å². The maximum absolute atomic E-state index is 13.8. The first-order chi connectivity index (χ1) is 16.4. The second-order valence-electron chi connectivity index (χ2n) is 10.0. The minimum absolute atomic E-state index is 0.0286. The van der Waals surface area contributed by atoms with Gasteiger partial charge in [-0.15, -0.1) is 0 Å². The van der Waals surface area contributed by atoms with Crippen molar-refractivity contribution < 1.29 is 17.7 Å². The SMILES string of the molecule is CCc1ccc(N(CC(C)C)S(=O)(=O)c2ccc(NCC3CCC(O)CC3)c(S(C)(=N)=O)c2)cc1. The number of benzene rings is 2. The molecule has 1 aliphatic carbocycles. The van der Waals surface area contributed by atoms with Gasteiger partial charge in [-0.25, -0.2) is 17.4 Å². The Hall–Kier alpha value is -2.10. The monoisotopic (exact) mass is 521 g/mol. The van der Waals surface area contributed by atoms with E-state index in [1.165, 1.54) is 22.7 Å². The molecule has 1 saturated carbocycles. The molecule has 0 heterocycles. The van der Waals surface area contributed by atoms with Crippen LogP contribution >= 0.6 is 0 Å². The fourth-order valence-electron chi connectivity index (χ4n) is 4.43. The summed E-state index contributed by atoms with van der Waals surface area (Å²) in [5, 5.41) is 13.0. The lowest BCUT2D eigenvalue weighted by molar-refractivity contribution is 0.111. The van der Waals surface area contributed by atoms with Crippen LogP contribution in [0.25, 0.3) is 0 Å². The summed E-state index contributed by atoms with van der Waals surface area (Å²) in [6, 6.07) is 12.1. The van der Waals surface area contributed by atoms with Crippen molar-refractivity contribution in [1.82, 2.24) is 0 Å². The fourth-order valence-corrected chi connectivity index (χ4v) is 7.08. The molecular formula is C26H39N3O4S2. The van der Waals surface area contributed by atoms with Crippen molar-refractivity contribution in [1.29, 1.82) is 4.78 Å². The quantitative estimate of drug-likeness (QED) is 0.403. The van der Waals surface area contributed by atoms with Gasteiger partial charge in [-0.05, 0) is 79.8 Å². The number of nitrogens with one attached hydrogen (secondary N) is 2. The third-order valence-corrected chi connectivity index (χ3v) is 9.49. The number of sulfonamides is 1. The van der Waals surface area contributed by atoms with Gasteiger partial charge in [0.2, 0.25) is 0 Å². The van der Waals surface area contributed by atoms with E-state index in [4.69, 9.17) is 4.78 Å². The zero-order chi connectivity index (χ0) is 25.8. The predicted octanol–water partition coefficient (Wildman–Crippen LogP) is 5.10. The van der Waals surface area contributed by atoms with Crippen molar-refractivity contribution in [3.63, 3.8) is 0 Å². The Bertz CT molecular complexity index is 1200. The molecule has 7 nitrogen and oxygen atoms in total. The highest BCUT2D eigenvalue weighted by atomic mass is 32.2. The Kier molecular flexibility index (Phi) is 8.88. The molecule has 0 bridgehead atoms. The molecule has 2 aromatic carbocycles. The molecule has 0 amide bonds. The van der Waals surface area contributed by atoms with Crippen LogP contribution in [-0.4, -0.2) is 43.2 Å². The van der Waals surface area contributed by atoms with Crippen LogP contribution in [0.2, 0.25) is 0 Å². The lowest BCUT2D eigenvalue weighted by Gasteiger charge is -2.28. The van der Waals surface area contributed by atoms with Crippen LogP contribution in [0.5, 0.6) is 0 Å². The molecule has 1 atom stereocenters. The fraction of sp³-hybridized carbons (Fsp3) is 0.538. The number of hydrogen-bond donors (Lipinski definition) is 3. The number of aryl methyl sites for hydroxylation is 1.